The maximum Gasteiger partial charge on any atom is 0.323 e. The molecule has 0 fully saturated rings. The Balaban J connectivity index is 1.20. The Kier molecular flexibility index (Phi) is 5.78. The number of hydrogen-bond donors (Lipinski definition) is 4. The van der Waals surface area contributed by atoms with Gasteiger partial charge in [-0.25, -0.2) is 9.59 Å². The van der Waals surface area contributed by atoms with Crippen molar-refractivity contribution in [3.63, 3.8) is 0 Å². The van der Waals surface area contributed by atoms with E-state index in [1.807, 2.05) is 84.9 Å². The lowest BCUT2D eigenvalue weighted by Gasteiger charge is -2.12. The fourth-order valence-electron chi connectivity index (χ4n) is 3.88. The number of benzene rings is 5. The second kappa shape index (κ2) is 9.34. The first kappa shape index (κ1) is 21.0. The topological polar surface area (TPSA) is 82.3 Å². The van der Waals surface area contributed by atoms with E-state index in [1.54, 1.807) is 24.3 Å². The van der Waals surface area contributed by atoms with Gasteiger partial charge >= 0.3 is 12.1 Å². The van der Waals surface area contributed by atoms with Crippen LogP contribution in [0.4, 0.5) is 32.3 Å². The predicted octanol–water partition coefficient (Wildman–Crippen LogP) is 7.28. The summed E-state index contributed by atoms with van der Waals surface area (Å²) in [7, 11) is 0. The maximum absolute atomic E-state index is 12.5. The fourth-order valence-corrected chi connectivity index (χ4v) is 3.88. The van der Waals surface area contributed by atoms with E-state index in [0.29, 0.717) is 11.4 Å². The number of carbonyl (C=O) groups excluding carboxylic acids is 2. The molecule has 166 valence electrons. The van der Waals surface area contributed by atoms with Crippen molar-refractivity contribution in [3.05, 3.63) is 109 Å². The molecule has 0 radical (unpaired) electrons. The molecule has 0 aromatic heterocycles. The van der Waals surface area contributed by atoms with Gasteiger partial charge in [0, 0.05) is 22.1 Å². The second-order valence-electron chi connectivity index (χ2n) is 7.79. The van der Waals surface area contributed by atoms with Gasteiger partial charge < -0.3 is 21.3 Å². The van der Waals surface area contributed by atoms with E-state index in [-0.39, 0.29) is 12.1 Å². The summed E-state index contributed by atoms with van der Waals surface area (Å²) in [5.41, 5.74) is 2.69. The first-order valence-corrected chi connectivity index (χ1v) is 10.9. The van der Waals surface area contributed by atoms with E-state index in [2.05, 4.69) is 21.3 Å². The Morgan fingerprint density at radius 3 is 1.24 bits per heavy atom. The van der Waals surface area contributed by atoms with E-state index < -0.39 is 0 Å². The summed E-state index contributed by atoms with van der Waals surface area (Å²) in [5.74, 6) is 0. The molecule has 0 atom stereocenters. The Morgan fingerprint density at radius 1 is 0.412 bits per heavy atom. The van der Waals surface area contributed by atoms with Crippen LogP contribution < -0.4 is 21.3 Å². The van der Waals surface area contributed by atoms with Crippen LogP contribution in [0.1, 0.15) is 0 Å². The molecule has 5 rings (SSSR count). The minimum absolute atomic E-state index is 0.342. The van der Waals surface area contributed by atoms with E-state index >= 15 is 0 Å². The molecule has 0 saturated carbocycles. The molecular weight excluding hydrogens is 424 g/mol. The number of urea groups is 2. The Labute approximate surface area is 196 Å². The number of rotatable bonds is 4. The number of anilines is 4. The first-order valence-electron chi connectivity index (χ1n) is 10.9. The highest BCUT2D eigenvalue weighted by Gasteiger charge is 2.08. The Hall–Kier alpha value is -4.84. The molecule has 5 aromatic rings. The van der Waals surface area contributed by atoms with E-state index in [1.165, 1.54) is 0 Å². The number of fused-ring (bicyclic) bond motifs is 2. The molecule has 0 heterocycles. The van der Waals surface area contributed by atoms with Crippen molar-refractivity contribution in [3.8, 4) is 0 Å². The predicted molar refractivity (Wildman–Crippen MR) is 140 cm³/mol. The average Bonchev–Trinajstić information content (AvgIpc) is 2.86. The van der Waals surface area contributed by atoms with Gasteiger partial charge in [-0.2, -0.15) is 0 Å². The molecule has 0 aliphatic rings. The third kappa shape index (κ3) is 4.66. The van der Waals surface area contributed by atoms with Crippen LogP contribution in [0.5, 0.6) is 0 Å². The summed E-state index contributed by atoms with van der Waals surface area (Å²) >= 11 is 0. The summed E-state index contributed by atoms with van der Waals surface area (Å²) in [6, 6.07) is 33.5. The summed E-state index contributed by atoms with van der Waals surface area (Å²) in [6.07, 6.45) is 0. The van der Waals surface area contributed by atoms with Gasteiger partial charge in [-0.15, -0.1) is 0 Å². The number of nitrogens with one attached hydrogen (secondary N) is 4. The molecule has 0 aliphatic heterocycles. The fraction of sp³-hybridized carbons (Fsp3) is 0. The van der Waals surface area contributed by atoms with Crippen LogP contribution in [-0.4, -0.2) is 12.1 Å². The highest BCUT2D eigenvalue weighted by molar-refractivity contribution is 6.07. The highest BCUT2D eigenvalue weighted by atomic mass is 16.2. The molecular formula is C28H22N4O2. The molecule has 5 aromatic carbocycles. The monoisotopic (exact) mass is 446 g/mol. The lowest BCUT2D eigenvalue weighted by Crippen LogP contribution is -2.20. The number of carbonyl (C=O) groups is 2. The van der Waals surface area contributed by atoms with Crippen LogP contribution in [0, 0.1) is 0 Å². The molecule has 0 bridgehead atoms. The zero-order chi connectivity index (χ0) is 23.3. The zero-order valence-corrected chi connectivity index (χ0v) is 18.2. The lowest BCUT2D eigenvalue weighted by atomic mass is 10.1. The van der Waals surface area contributed by atoms with Crippen molar-refractivity contribution >= 4 is 56.4 Å². The van der Waals surface area contributed by atoms with Gasteiger partial charge in [-0.1, -0.05) is 72.8 Å². The molecule has 6 nitrogen and oxygen atoms in total. The normalized spacial score (nSPS) is 10.6. The van der Waals surface area contributed by atoms with Gasteiger partial charge in [0.15, 0.2) is 0 Å². The van der Waals surface area contributed by atoms with Crippen LogP contribution >= 0.6 is 0 Å². The van der Waals surface area contributed by atoms with Crippen molar-refractivity contribution < 1.29 is 9.59 Å². The van der Waals surface area contributed by atoms with Gasteiger partial charge in [0.1, 0.15) is 0 Å². The van der Waals surface area contributed by atoms with Gasteiger partial charge in [-0.3, -0.25) is 0 Å². The first-order chi connectivity index (χ1) is 16.7. The highest BCUT2D eigenvalue weighted by Crippen LogP contribution is 2.24. The Bertz CT molecular complexity index is 1370. The summed E-state index contributed by atoms with van der Waals surface area (Å²) in [6.45, 7) is 0. The third-order valence-electron chi connectivity index (χ3n) is 5.48. The van der Waals surface area contributed by atoms with E-state index in [0.717, 1.165) is 32.9 Å². The smallest absolute Gasteiger partial charge is 0.308 e. The summed E-state index contributed by atoms with van der Waals surface area (Å²) in [4.78, 5) is 25.0. The summed E-state index contributed by atoms with van der Waals surface area (Å²) < 4.78 is 0. The van der Waals surface area contributed by atoms with Gasteiger partial charge in [-0.05, 0) is 47.2 Å². The van der Waals surface area contributed by atoms with Crippen LogP contribution in [0.3, 0.4) is 0 Å². The maximum atomic E-state index is 12.5. The van der Waals surface area contributed by atoms with Gasteiger partial charge in [0.25, 0.3) is 0 Å². The quantitative estimate of drug-likeness (QED) is 0.234. The molecule has 0 unspecified atom stereocenters. The van der Waals surface area contributed by atoms with E-state index in [4.69, 9.17) is 0 Å². The molecule has 0 saturated heterocycles. The van der Waals surface area contributed by atoms with Crippen molar-refractivity contribution in [1.29, 1.82) is 0 Å². The molecule has 4 N–H and O–H groups in total. The van der Waals surface area contributed by atoms with Crippen LogP contribution in [0.2, 0.25) is 0 Å². The molecule has 0 spiro atoms. The van der Waals surface area contributed by atoms with Crippen molar-refractivity contribution in [1.82, 2.24) is 0 Å². The van der Waals surface area contributed by atoms with Crippen molar-refractivity contribution in [2.45, 2.75) is 0 Å². The average molecular weight is 447 g/mol. The van der Waals surface area contributed by atoms with Gasteiger partial charge in [0.05, 0.1) is 11.4 Å². The number of amides is 4. The number of hydrogen-bond acceptors (Lipinski definition) is 2. The second-order valence-corrected chi connectivity index (χ2v) is 7.79. The standard InChI is InChI=1S/C28H22N4O2/c33-27(31-25-13-5-9-19-7-1-3-11-23(19)25)29-21-15-17-22(18-16-21)30-28(34)32-26-14-6-10-20-8-2-4-12-24(20)26/h1-18H,(H2,29,31,33)(H2,30,32,34). The minimum atomic E-state index is -0.342. The zero-order valence-electron chi connectivity index (χ0n) is 18.2. The van der Waals surface area contributed by atoms with Crippen molar-refractivity contribution in [2.24, 2.45) is 0 Å². The molecule has 4 amide bonds. The molecule has 6 heteroatoms. The Morgan fingerprint density at radius 2 is 0.794 bits per heavy atom. The van der Waals surface area contributed by atoms with E-state index in [9.17, 15) is 9.59 Å². The van der Waals surface area contributed by atoms with Crippen molar-refractivity contribution in [2.75, 3.05) is 21.3 Å². The summed E-state index contributed by atoms with van der Waals surface area (Å²) in [5, 5.41) is 15.5. The van der Waals surface area contributed by atoms with Crippen LogP contribution in [0.15, 0.2) is 109 Å². The molecule has 0 aliphatic carbocycles. The lowest BCUT2D eigenvalue weighted by molar-refractivity contribution is 0.261. The van der Waals surface area contributed by atoms with Crippen LogP contribution in [0.25, 0.3) is 21.5 Å². The van der Waals surface area contributed by atoms with Crippen LogP contribution in [-0.2, 0) is 0 Å². The minimum Gasteiger partial charge on any atom is -0.308 e. The molecule has 34 heavy (non-hydrogen) atoms. The third-order valence-corrected chi connectivity index (χ3v) is 5.48. The largest absolute Gasteiger partial charge is 0.323 e. The van der Waals surface area contributed by atoms with Gasteiger partial charge in [0.2, 0.25) is 0 Å². The SMILES string of the molecule is O=C(Nc1ccc(NC(=O)Nc2cccc3ccccc23)cc1)Nc1cccc2ccccc12.